The Balaban J connectivity index is 1.70. The zero-order chi connectivity index (χ0) is 16.9. The van der Waals surface area contributed by atoms with Crippen LogP contribution < -0.4 is 16.0 Å². The molecule has 1 aliphatic heterocycles. The lowest BCUT2D eigenvalue weighted by Gasteiger charge is -2.21. The first-order valence-electron chi connectivity index (χ1n) is 8.20. The summed E-state index contributed by atoms with van der Waals surface area (Å²) in [6.07, 6.45) is 5.96. The molecule has 0 saturated carbocycles. The molecular formula is C17H22N6O. The second-order valence-electron chi connectivity index (χ2n) is 5.76. The third-order valence-corrected chi connectivity index (χ3v) is 4.14. The lowest BCUT2D eigenvalue weighted by molar-refractivity contribution is 0.0950. The monoisotopic (exact) mass is 326 g/mol. The number of nitrogens with zero attached hydrogens (tertiary/aromatic N) is 3. The number of hydrogen-bond acceptors (Lipinski definition) is 6. The highest BCUT2D eigenvalue weighted by molar-refractivity contribution is 5.93. The van der Waals surface area contributed by atoms with E-state index in [-0.39, 0.29) is 5.91 Å². The number of hydrogen-bond donors (Lipinski definition) is 3. The van der Waals surface area contributed by atoms with Crippen LogP contribution in [0.4, 0.5) is 5.95 Å². The van der Waals surface area contributed by atoms with Gasteiger partial charge in [0.1, 0.15) is 0 Å². The molecule has 0 spiro atoms. The van der Waals surface area contributed by atoms with E-state index in [4.69, 9.17) is 0 Å². The summed E-state index contributed by atoms with van der Waals surface area (Å²) in [4.78, 5) is 25.0. The van der Waals surface area contributed by atoms with Crippen molar-refractivity contribution in [2.75, 3.05) is 18.4 Å². The largest absolute Gasteiger partial charge is 0.355 e. The molecule has 0 aromatic carbocycles. The number of carbonyl (C=O) groups excluding carboxylic acids is 1. The molecule has 0 fully saturated rings. The number of carbonyl (C=O) groups is 1. The van der Waals surface area contributed by atoms with Gasteiger partial charge in [-0.05, 0) is 43.5 Å². The van der Waals surface area contributed by atoms with Gasteiger partial charge in [0.15, 0.2) is 0 Å². The molecule has 0 unspecified atom stereocenters. The van der Waals surface area contributed by atoms with Crippen LogP contribution in [0.3, 0.4) is 0 Å². The Morgan fingerprint density at radius 2 is 2.04 bits per heavy atom. The Morgan fingerprint density at radius 3 is 2.79 bits per heavy atom. The van der Waals surface area contributed by atoms with E-state index >= 15 is 0 Å². The van der Waals surface area contributed by atoms with Crippen LogP contribution in [0.5, 0.6) is 0 Å². The maximum absolute atomic E-state index is 12.3. The summed E-state index contributed by atoms with van der Waals surface area (Å²) in [7, 11) is 0. The fraction of sp³-hybridized carbons (Fsp3) is 0.412. The SMILES string of the molecule is CCNc1ncc(C(=O)NCc2c(C)ncc3c2CCNC3)cn1. The van der Waals surface area contributed by atoms with Crippen LogP contribution in [-0.4, -0.2) is 33.9 Å². The van der Waals surface area contributed by atoms with Crippen molar-refractivity contribution in [2.45, 2.75) is 33.4 Å². The number of aryl methyl sites for hydroxylation is 1. The molecule has 1 amide bonds. The minimum atomic E-state index is -0.177. The van der Waals surface area contributed by atoms with E-state index in [1.807, 2.05) is 20.0 Å². The summed E-state index contributed by atoms with van der Waals surface area (Å²) in [6.45, 7) is 6.95. The van der Waals surface area contributed by atoms with Crippen LogP contribution in [0, 0.1) is 6.92 Å². The first-order valence-corrected chi connectivity index (χ1v) is 8.20. The van der Waals surface area contributed by atoms with Crippen molar-refractivity contribution in [2.24, 2.45) is 0 Å². The predicted octanol–water partition coefficient (Wildman–Crippen LogP) is 1.19. The molecule has 0 radical (unpaired) electrons. The van der Waals surface area contributed by atoms with Gasteiger partial charge in [0.05, 0.1) is 5.56 Å². The van der Waals surface area contributed by atoms with Gasteiger partial charge in [-0.25, -0.2) is 9.97 Å². The molecule has 7 heteroatoms. The van der Waals surface area contributed by atoms with E-state index in [9.17, 15) is 4.79 Å². The van der Waals surface area contributed by atoms with Crippen LogP contribution in [-0.2, 0) is 19.5 Å². The van der Waals surface area contributed by atoms with Crippen LogP contribution in [0.25, 0.3) is 0 Å². The minimum absolute atomic E-state index is 0.177. The highest BCUT2D eigenvalue weighted by Gasteiger charge is 2.16. The van der Waals surface area contributed by atoms with Gasteiger partial charge in [-0.1, -0.05) is 0 Å². The Hall–Kier alpha value is -2.54. The third kappa shape index (κ3) is 3.51. The number of nitrogens with one attached hydrogen (secondary N) is 3. The van der Waals surface area contributed by atoms with Gasteiger partial charge in [0.25, 0.3) is 5.91 Å². The third-order valence-electron chi connectivity index (χ3n) is 4.14. The number of rotatable bonds is 5. The molecule has 2 aromatic rings. The molecule has 0 bridgehead atoms. The van der Waals surface area contributed by atoms with Crippen molar-refractivity contribution in [3.05, 3.63) is 46.5 Å². The molecule has 3 rings (SSSR count). The van der Waals surface area contributed by atoms with Gasteiger partial charge in [0, 0.05) is 43.9 Å². The fourth-order valence-corrected chi connectivity index (χ4v) is 2.84. The lowest BCUT2D eigenvalue weighted by atomic mass is 9.96. The molecule has 1 aliphatic rings. The van der Waals surface area contributed by atoms with E-state index in [0.717, 1.165) is 37.3 Å². The van der Waals surface area contributed by atoms with Crippen LogP contribution in [0.1, 0.15) is 39.7 Å². The number of amides is 1. The number of pyridine rings is 1. The highest BCUT2D eigenvalue weighted by Crippen LogP contribution is 2.20. The summed E-state index contributed by atoms with van der Waals surface area (Å²) in [5.41, 5.74) is 5.06. The van der Waals surface area contributed by atoms with Gasteiger partial charge >= 0.3 is 0 Å². The molecule has 0 aliphatic carbocycles. The quantitative estimate of drug-likeness (QED) is 0.764. The maximum Gasteiger partial charge on any atom is 0.254 e. The van der Waals surface area contributed by atoms with Crippen molar-refractivity contribution < 1.29 is 4.79 Å². The maximum atomic E-state index is 12.3. The summed E-state index contributed by atoms with van der Waals surface area (Å²) in [6, 6.07) is 0. The first kappa shape index (κ1) is 16.3. The standard InChI is InChI=1S/C17H22N6O/c1-3-19-17-22-8-13(9-23-17)16(24)21-10-15-11(2)20-7-12-6-18-5-4-14(12)15/h7-9,18H,3-6,10H2,1-2H3,(H,21,24)(H,19,22,23). The number of aromatic nitrogens is 3. The van der Waals surface area contributed by atoms with E-state index in [2.05, 4.69) is 30.9 Å². The zero-order valence-electron chi connectivity index (χ0n) is 14.0. The number of anilines is 1. The van der Waals surface area contributed by atoms with E-state index < -0.39 is 0 Å². The minimum Gasteiger partial charge on any atom is -0.355 e. The van der Waals surface area contributed by atoms with Crippen LogP contribution in [0.2, 0.25) is 0 Å². The molecule has 0 saturated heterocycles. The van der Waals surface area contributed by atoms with Crippen LogP contribution >= 0.6 is 0 Å². The Kier molecular flexibility index (Phi) is 5.00. The van der Waals surface area contributed by atoms with Crippen molar-refractivity contribution >= 4 is 11.9 Å². The molecule has 3 heterocycles. The lowest BCUT2D eigenvalue weighted by Crippen LogP contribution is -2.29. The van der Waals surface area contributed by atoms with Crippen molar-refractivity contribution in [3.8, 4) is 0 Å². The molecular weight excluding hydrogens is 304 g/mol. The van der Waals surface area contributed by atoms with Gasteiger partial charge in [-0.15, -0.1) is 0 Å². The summed E-state index contributed by atoms with van der Waals surface area (Å²) >= 11 is 0. The molecule has 3 N–H and O–H groups in total. The predicted molar refractivity (Wildman–Crippen MR) is 91.8 cm³/mol. The summed E-state index contributed by atoms with van der Waals surface area (Å²) < 4.78 is 0. The molecule has 24 heavy (non-hydrogen) atoms. The van der Waals surface area contributed by atoms with Crippen LogP contribution in [0.15, 0.2) is 18.6 Å². The molecule has 0 atom stereocenters. The fourth-order valence-electron chi connectivity index (χ4n) is 2.84. The Labute approximate surface area is 141 Å². The van der Waals surface area contributed by atoms with Crippen molar-refractivity contribution in [3.63, 3.8) is 0 Å². The van der Waals surface area contributed by atoms with E-state index in [0.29, 0.717) is 18.1 Å². The zero-order valence-corrected chi connectivity index (χ0v) is 14.0. The average molecular weight is 326 g/mol. The number of fused-ring (bicyclic) bond motifs is 1. The van der Waals surface area contributed by atoms with Gasteiger partial charge < -0.3 is 16.0 Å². The summed E-state index contributed by atoms with van der Waals surface area (Å²) in [5.74, 6) is 0.350. The molecule has 2 aromatic heterocycles. The Morgan fingerprint density at radius 1 is 1.25 bits per heavy atom. The van der Waals surface area contributed by atoms with Crippen molar-refractivity contribution in [1.29, 1.82) is 0 Å². The summed E-state index contributed by atoms with van der Waals surface area (Å²) in [5, 5.41) is 9.31. The van der Waals surface area contributed by atoms with E-state index in [1.165, 1.54) is 23.5 Å². The molecule has 7 nitrogen and oxygen atoms in total. The van der Waals surface area contributed by atoms with Gasteiger partial charge in [-0.2, -0.15) is 0 Å². The average Bonchev–Trinajstić information content (AvgIpc) is 2.61. The molecule has 126 valence electrons. The normalized spacial score (nSPS) is 13.2. The van der Waals surface area contributed by atoms with E-state index in [1.54, 1.807) is 0 Å². The second kappa shape index (κ2) is 7.35. The first-order chi connectivity index (χ1) is 11.7. The van der Waals surface area contributed by atoms with Gasteiger partial charge in [-0.3, -0.25) is 9.78 Å². The topological polar surface area (TPSA) is 91.8 Å². The van der Waals surface area contributed by atoms with Gasteiger partial charge in [0.2, 0.25) is 5.95 Å². The highest BCUT2D eigenvalue weighted by atomic mass is 16.1. The van der Waals surface area contributed by atoms with Crippen molar-refractivity contribution in [1.82, 2.24) is 25.6 Å². The smallest absolute Gasteiger partial charge is 0.254 e. The Bertz CT molecular complexity index is 729. The second-order valence-corrected chi connectivity index (χ2v) is 5.76.